The van der Waals surface area contributed by atoms with Crippen molar-refractivity contribution in [3.05, 3.63) is 23.9 Å². The zero-order chi connectivity index (χ0) is 18.5. The van der Waals surface area contributed by atoms with E-state index in [0.717, 1.165) is 58.1 Å². The number of nitrogens with one attached hydrogen (secondary N) is 1. The molecular weight excluding hydrogens is 348 g/mol. The maximum absolute atomic E-state index is 12.8. The summed E-state index contributed by atoms with van der Waals surface area (Å²) >= 11 is 0. The number of aromatic nitrogens is 1. The highest BCUT2D eigenvalue weighted by molar-refractivity contribution is 5.94. The molecule has 0 atom stereocenters. The highest BCUT2D eigenvalue weighted by Crippen LogP contribution is 2.31. The van der Waals surface area contributed by atoms with Crippen LogP contribution in [0, 0.1) is 0 Å². The first-order valence-corrected chi connectivity index (χ1v) is 9.81. The first-order chi connectivity index (χ1) is 13.2. The number of carbonyl (C=O) groups excluding carboxylic acids is 1. The predicted octanol–water partition coefficient (Wildman–Crippen LogP) is 0.805. The zero-order valence-corrected chi connectivity index (χ0v) is 15.7. The van der Waals surface area contributed by atoms with E-state index in [0.29, 0.717) is 31.9 Å². The normalized spacial score (nSPS) is 22.9. The van der Waals surface area contributed by atoms with Gasteiger partial charge in [-0.15, -0.1) is 0 Å². The largest absolute Gasteiger partial charge is 0.379 e. The topological polar surface area (TPSA) is 76.2 Å². The van der Waals surface area contributed by atoms with Crippen molar-refractivity contribution in [2.45, 2.75) is 18.6 Å². The maximum Gasteiger partial charge on any atom is 0.254 e. The van der Waals surface area contributed by atoms with Crippen LogP contribution in [0.3, 0.4) is 0 Å². The van der Waals surface area contributed by atoms with E-state index in [4.69, 9.17) is 14.2 Å². The fraction of sp³-hybridized carbons (Fsp3) is 0.684. The molecule has 0 unspecified atom stereocenters. The van der Waals surface area contributed by atoms with Crippen molar-refractivity contribution in [1.29, 1.82) is 0 Å². The van der Waals surface area contributed by atoms with Crippen LogP contribution in [0.15, 0.2) is 18.3 Å². The van der Waals surface area contributed by atoms with Gasteiger partial charge in [-0.2, -0.15) is 0 Å². The number of nitrogens with zero attached hydrogens (tertiary/aromatic N) is 3. The molecule has 8 nitrogen and oxygen atoms in total. The van der Waals surface area contributed by atoms with Crippen LogP contribution in [0.5, 0.6) is 0 Å². The highest BCUT2D eigenvalue weighted by Gasteiger charge is 2.40. The van der Waals surface area contributed by atoms with E-state index in [1.54, 1.807) is 12.3 Å². The second-order valence-corrected chi connectivity index (χ2v) is 7.21. The van der Waals surface area contributed by atoms with E-state index >= 15 is 0 Å². The second-order valence-electron chi connectivity index (χ2n) is 7.21. The number of likely N-dealkylation sites (tertiary alicyclic amines) is 1. The van der Waals surface area contributed by atoms with Gasteiger partial charge < -0.3 is 24.4 Å². The number of carbonyl (C=O) groups is 1. The van der Waals surface area contributed by atoms with Crippen LogP contribution in [0.25, 0.3) is 0 Å². The third kappa shape index (κ3) is 4.57. The second kappa shape index (κ2) is 8.52. The summed E-state index contributed by atoms with van der Waals surface area (Å²) in [5.41, 5.74) is 0.670. The number of anilines is 1. The minimum atomic E-state index is -0.457. The third-order valence-electron chi connectivity index (χ3n) is 5.47. The lowest BCUT2D eigenvalue weighted by Gasteiger charge is -2.37. The quantitative estimate of drug-likeness (QED) is 0.815. The molecule has 27 heavy (non-hydrogen) atoms. The Morgan fingerprint density at radius 3 is 2.59 bits per heavy atom. The van der Waals surface area contributed by atoms with Gasteiger partial charge in [0.25, 0.3) is 5.91 Å². The molecule has 8 heteroatoms. The molecule has 0 radical (unpaired) electrons. The summed E-state index contributed by atoms with van der Waals surface area (Å²) in [5.74, 6) is 0.327. The number of ether oxygens (including phenoxy) is 3. The fourth-order valence-electron chi connectivity index (χ4n) is 3.85. The van der Waals surface area contributed by atoms with Crippen molar-refractivity contribution < 1.29 is 19.0 Å². The molecule has 4 rings (SSSR count). The average Bonchev–Trinajstić information content (AvgIpc) is 3.17. The summed E-state index contributed by atoms with van der Waals surface area (Å²) in [5, 5.41) is 3.33. The Labute approximate surface area is 159 Å². The minimum absolute atomic E-state index is 0.0430. The number of morpholine rings is 1. The number of piperidine rings is 1. The molecule has 148 valence electrons. The molecule has 3 fully saturated rings. The lowest BCUT2D eigenvalue weighted by molar-refractivity contribution is -0.181. The van der Waals surface area contributed by atoms with Gasteiger partial charge in [-0.3, -0.25) is 9.69 Å². The Kier molecular flexibility index (Phi) is 5.87. The summed E-state index contributed by atoms with van der Waals surface area (Å²) in [6, 6.07) is 3.62. The third-order valence-corrected chi connectivity index (χ3v) is 5.47. The summed E-state index contributed by atoms with van der Waals surface area (Å²) < 4.78 is 16.8. The number of hydrogen-bond acceptors (Lipinski definition) is 7. The maximum atomic E-state index is 12.8. The van der Waals surface area contributed by atoms with Gasteiger partial charge in [-0.05, 0) is 12.1 Å². The standard InChI is InChI=1S/C19H28N4O4/c24-18(23-6-2-19(3-7-23)26-13-14-27-19)16-1-4-20-17(15-16)21-5-8-22-9-11-25-12-10-22/h1,4,15H,2-3,5-14H2,(H,20,21). The van der Waals surface area contributed by atoms with Gasteiger partial charge in [0, 0.05) is 63.9 Å². The Bertz CT molecular complexity index is 634. The first kappa shape index (κ1) is 18.6. The van der Waals surface area contributed by atoms with Gasteiger partial charge >= 0.3 is 0 Å². The zero-order valence-electron chi connectivity index (χ0n) is 15.7. The molecule has 0 bridgehead atoms. The van der Waals surface area contributed by atoms with E-state index < -0.39 is 5.79 Å². The fourth-order valence-corrected chi connectivity index (χ4v) is 3.85. The van der Waals surface area contributed by atoms with Crippen molar-refractivity contribution >= 4 is 11.7 Å². The van der Waals surface area contributed by atoms with E-state index in [-0.39, 0.29) is 5.91 Å². The Balaban J connectivity index is 1.28. The van der Waals surface area contributed by atoms with Crippen molar-refractivity contribution in [2.24, 2.45) is 0 Å². The van der Waals surface area contributed by atoms with Crippen LogP contribution in [-0.4, -0.2) is 92.2 Å². The lowest BCUT2D eigenvalue weighted by Crippen LogP contribution is -2.47. The molecule has 1 aromatic heterocycles. The Morgan fingerprint density at radius 1 is 1.11 bits per heavy atom. The predicted molar refractivity (Wildman–Crippen MR) is 99.8 cm³/mol. The summed E-state index contributed by atoms with van der Waals surface area (Å²) in [6.07, 6.45) is 3.15. The van der Waals surface area contributed by atoms with Gasteiger partial charge in [0.05, 0.1) is 26.4 Å². The van der Waals surface area contributed by atoms with E-state index in [1.165, 1.54) is 0 Å². The van der Waals surface area contributed by atoms with Crippen molar-refractivity contribution in [3.8, 4) is 0 Å². The molecule has 1 aromatic rings. The lowest BCUT2D eigenvalue weighted by atomic mass is 10.0. The van der Waals surface area contributed by atoms with Crippen LogP contribution in [-0.2, 0) is 14.2 Å². The van der Waals surface area contributed by atoms with Crippen molar-refractivity contribution in [1.82, 2.24) is 14.8 Å². The van der Waals surface area contributed by atoms with E-state index in [2.05, 4.69) is 15.2 Å². The minimum Gasteiger partial charge on any atom is -0.379 e. The smallest absolute Gasteiger partial charge is 0.254 e. The Morgan fingerprint density at radius 2 is 1.85 bits per heavy atom. The molecule has 1 spiro atoms. The molecule has 1 amide bonds. The van der Waals surface area contributed by atoms with Gasteiger partial charge in [0.2, 0.25) is 0 Å². The monoisotopic (exact) mass is 376 g/mol. The van der Waals surface area contributed by atoms with Crippen LogP contribution in [0.1, 0.15) is 23.2 Å². The average molecular weight is 376 g/mol. The van der Waals surface area contributed by atoms with Crippen molar-refractivity contribution in [3.63, 3.8) is 0 Å². The molecule has 3 saturated heterocycles. The molecule has 1 N–H and O–H groups in total. The van der Waals surface area contributed by atoms with Crippen LogP contribution in [0.4, 0.5) is 5.82 Å². The molecular formula is C19H28N4O4. The number of pyridine rings is 1. The van der Waals surface area contributed by atoms with Gasteiger partial charge in [0.1, 0.15) is 5.82 Å². The van der Waals surface area contributed by atoms with Gasteiger partial charge in [-0.25, -0.2) is 4.98 Å². The first-order valence-electron chi connectivity index (χ1n) is 9.81. The highest BCUT2D eigenvalue weighted by atomic mass is 16.7. The van der Waals surface area contributed by atoms with Crippen LogP contribution < -0.4 is 5.32 Å². The number of hydrogen-bond donors (Lipinski definition) is 1. The van der Waals surface area contributed by atoms with E-state index in [9.17, 15) is 4.79 Å². The Hall–Kier alpha value is -1.74. The van der Waals surface area contributed by atoms with Gasteiger partial charge in [0.15, 0.2) is 5.79 Å². The SMILES string of the molecule is O=C(c1ccnc(NCCN2CCOCC2)c1)N1CCC2(CC1)OCCO2. The molecule has 0 saturated carbocycles. The molecule has 3 aliphatic rings. The number of amides is 1. The molecule has 0 aliphatic carbocycles. The van der Waals surface area contributed by atoms with Crippen LogP contribution >= 0.6 is 0 Å². The molecule has 4 heterocycles. The van der Waals surface area contributed by atoms with Gasteiger partial charge in [-0.1, -0.05) is 0 Å². The van der Waals surface area contributed by atoms with Crippen LogP contribution in [0.2, 0.25) is 0 Å². The summed E-state index contributed by atoms with van der Waals surface area (Å²) in [7, 11) is 0. The summed E-state index contributed by atoms with van der Waals surface area (Å²) in [6.45, 7) is 7.89. The van der Waals surface area contributed by atoms with E-state index in [1.807, 2.05) is 11.0 Å². The summed E-state index contributed by atoms with van der Waals surface area (Å²) in [4.78, 5) is 21.4. The van der Waals surface area contributed by atoms with Crippen molar-refractivity contribution in [2.75, 3.05) is 71.0 Å². The number of rotatable bonds is 5. The molecule has 0 aromatic carbocycles. The molecule has 3 aliphatic heterocycles.